The first-order valence-corrected chi connectivity index (χ1v) is 11.1. The smallest absolute Gasteiger partial charge is 0.326 e. The normalized spacial score (nSPS) is 27.5. The number of thiophene rings is 1. The summed E-state index contributed by atoms with van der Waals surface area (Å²) in [5.74, 6) is -3.14. The Hall–Kier alpha value is -2.84. The molecule has 8 heteroatoms. The van der Waals surface area contributed by atoms with Crippen LogP contribution in [0.4, 0.5) is 5.69 Å². The number of ketones is 1. The van der Waals surface area contributed by atoms with Gasteiger partial charge in [0.25, 0.3) is 0 Å². The summed E-state index contributed by atoms with van der Waals surface area (Å²) < 4.78 is 5.11. The summed E-state index contributed by atoms with van der Waals surface area (Å²) in [6, 6.07) is 9.77. The zero-order chi connectivity index (χ0) is 22.3. The average molecular weight is 441 g/mol. The van der Waals surface area contributed by atoms with Crippen LogP contribution in [-0.2, 0) is 19.1 Å². The molecule has 0 saturated carbocycles. The summed E-state index contributed by atoms with van der Waals surface area (Å²) in [6.45, 7) is 3.36. The lowest BCUT2D eigenvalue weighted by atomic mass is 9.77. The molecule has 0 bridgehead atoms. The summed E-state index contributed by atoms with van der Waals surface area (Å²) in [7, 11) is 1.30. The lowest BCUT2D eigenvalue weighted by molar-refractivity contribution is -0.152. The van der Waals surface area contributed by atoms with Crippen LogP contribution in [0.3, 0.4) is 0 Å². The van der Waals surface area contributed by atoms with Gasteiger partial charge < -0.3 is 4.74 Å². The first kappa shape index (κ1) is 21.4. The minimum atomic E-state index is -1.29. The number of esters is 1. The molecular formula is C23H24N2O5S. The van der Waals surface area contributed by atoms with Crippen molar-refractivity contribution in [2.75, 3.05) is 12.0 Å². The Labute approximate surface area is 184 Å². The summed E-state index contributed by atoms with van der Waals surface area (Å²) in [5.41, 5.74) is -0.532. The molecule has 31 heavy (non-hydrogen) atoms. The van der Waals surface area contributed by atoms with Gasteiger partial charge in [0.2, 0.25) is 11.8 Å². The van der Waals surface area contributed by atoms with Crippen molar-refractivity contribution < 1.29 is 23.9 Å². The van der Waals surface area contributed by atoms with Gasteiger partial charge in [0.15, 0.2) is 5.78 Å². The highest BCUT2D eigenvalue weighted by molar-refractivity contribution is 7.10. The third-order valence-corrected chi connectivity index (χ3v) is 7.16. The number of fused-ring (bicyclic) bond motifs is 1. The number of amides is 2. The molecule has 2 saturated heterocycles. The molecule has 4 atom stereocenters. The van der Waals surface area contributed by atoms with E-state index in [-0.39, 0.29) is 11.7 Å². The van der Waals surface area contributed by atoms with Crippen LogP contribution in [-0.4, -0.2) is 36.2 Å². The zero-order valence-corrected chi connectivity index (χ0v) is 18.4. The van der Waals surface area contributed by atoms with Crippen molar-refractivity contribution in [1.29, 1.82) is 0 Å². The molecule has 7 nitrogen and oxygen atoms in total. The molecule has 4 rings (SSSR count). The van der Waals surface area contributed by atoms with Gasteiger partial charge in [-0.2, -0.15) is 0 Å². The molecule has 2 aliphatic heterocycles. The standard InChI is InChI=1S/C23H24N2O5S/c1-4-10-23(22(29)30-3)18-17(19(24-23)16-9-6-11-31-16)20(27)25(21(18)28)15-8-5-7-14(12-15)13(2)26/h5-9,11-12,17-19,24H,4,10H2,1-3H3. The number of carbonyl (C=O) groups is 4. The highest BCUT2D eigenvalue weighted by atomic mass is 32.1. The summed E-state index contributed by atoms with van der Waals surface area (Å²) in [5, 5.41) is 5.24. The Balaban J connectivity index is 1.85. The number of ether oxygens (including phenoxy) is 1. The maximum Gasteiger partial charge on any atom is 0.326 e. The maximum atomic E-state index is 13.7. The van der Waals surface area contributed by atoms with Crippen molar-refractivity contribution in [3.8, 4) is 0 Å². The Morgan fingerprint density at radius 2 is 1.97 bits per heavy atom. The van der Waals surface area contributed by atoms with E-state index in [1.54, 1.807) is 24.3 Å². The molecule has 0 radical (unpaired) electrons. The number of nitrogens with zero attached hydrogens (tertiary/aromatic N) is 1. The molecule has 2 amide bonds. The van der Waals surface area contributed by atoms with Gasteiger partial charge in [-0.15, -0.1) is 11.3 Å². The maximum absolute atomic E-state index is 13.7. The van der Waals surface area contributed by atoms with Crippen LogP contribution < -0.4 is 10.2 Å². The molecule has 2 fully saturated rings. The van der Waals surface area contributed by atoms with Crippen molar-refractivity contribution in [3.63, 3.8) is 0 Å². The van der Waals surface area contributed by atoms with Gasteiger partial charge in [-0.05, 0) is 36.9 Å². The fraction of sp³-hybridized carbons (Fsp3) is 0.391. The predicted molar refractivity (Wildman–Crippen MR) is 116 cm³/mol. The average Bonchev–Trinajstić information content (AvgIpc) is 3.45. The fourth-order valence-electron chi connectivity index (χ4n) is 4.93. The van der Waals surface area contributed by atoms with Gasteiger partial charge in [-0.1, -0.05) is 31.5 Å². The van der Waals surface area contributed by atoms with Crippen LogP contribution in [0.25, 0.3) is 0 Å². The molecule has 0 spiro atoms. The number of imide groups is 1. The zero-order valence-electron chi connectivity index (χ0n) is 17.6. The first-order chi connectivity index (χ1) is 14.9. The molecule has 1 aromatic heterocycles. The van der Waals surface area contributed by atoms with Crippen LogP contribution >= 0.6 is 11.3 Å². The van der Waals surface area contributed by atoms with Crippen molar-refractivity contribution in [2.45, 2.75) is 38.3 Å². The summed E-state index contributed by atoms with van der Waals surface area (Å²) in [6.07, 6.45) is 0.993. The van der Waals surface area contributed by atoms with E-state index in [1.165, 1.54) is 25.4 Å². The monoisotopic (exact) mass is 440 g/mol. The second-order valence-corrected chi connectivity index (χ2v) is 8.95. The summed E-state index contributed by atoms with van der Waals surface area (Å²) >= 11 is 1.47. The largest absolute Gasteiger partial charge is 0.468 e. The van der Waals surface area contributed by atoms with Crippen molar-refractivity contribution >= 4 is 40.6 Å². The van der Waals surface area contributed by atoms with Gasteiger partial charge >= 0.3 is 5.97 Å². The number of hydrogen-bond acceptors (Lipinski definition) is 7. The van der Waals surface area contributed by atoms with Crippen molar-refractivity contribution in [3.05, 3.63) is 52.2 Å². The van der Waals surface area contributed by atoms with Gasteiger partial charge in [0.05, 0.1) is 30.7 Å². The third kappa shape index (κ3) is 3.21. The van der Waals surface area contributed by atoms with Crippen LogP contribution in [0.15, 0.2) is 41.8 Å². The van der Waals surface area contributed by atoms with Crippen molar-refractivity contribution in [2.24, 2.45) is 11.8 Å². The number of methoxy groups -OCH3 is 1. The van der Waals surface area contributed by atoms with E-state index >= 15 is 0 Å². The molecule has 1 aromatic carbocycles. The molecule has 3 heterocycles. The topological polar surface area (TPSA) is 92.8 Å². The van der Waals surface area contributed by atoms with E-state index in [1.807, 2.05) is 24.4 Å². The predicted octanol–water partition coefficient (Wildman–Crippen LogP) is 3.11. The number of hydrogen-bond donors (Lipinski definition) is 1. The second kappa shape index (κ2) is 8.01. The van der Waals surface area contributed by atoms with Crippen LogP contribution in [0.5, 0.6) is 0 Å². The Morgan fingerprint density at radius 3 is 2.58 bits per heavy atom. The first-order valence-electron chi connectivity index (χ1n) is 10.2. The third-order valence-electron chi connectivity index (χ3n) is 6.21. The molecular weight excluding hydrogens is 416 g/mol. The fourth-order valence-corrected chi connectivity index (χ4v) is 5.75. The SMILES string of the molecule is CCCC1(C(=O)OC)NC(c2cccs2)C2C(=O)N(c3cccc(C(C)=O)c3)C(=O)C21. The number of rotatable bonds is 6. The minimum absolute atomic E-state index is 0.158. The number of nitrogens with one attached hydrogen (secondary N) is 1. The van der Waals surface area contributed by atoms with E-state index in [2.05, 4.69) is 5.32 Å². The number of anilines is 1. The molecule has 1 N–H and O–H groups in total. The van der Waals surface area contributed by atoms with Gasteiger partial charge in [-0.3, -0.25) is 24.5 Å². The lowest BCUT2D eigenvalue weighted by Crippen LogP contribution is -2.56. The second-order valence-electron chi connectivity index (χ2n) is 7.97. The Bertz CT molecular complexity index is 1050. The van der Waals surface area contributed by atoms with Crippen LogP contribution in [0.2, 0.25) is 0 Å². The minimum Gasteiger partial charge on any atom is -0.468 e. The van der Waals surface area contributed by atoms with Crippen molar-refractivity contribution in [1.82, 2.24) is 5.32 Å². The number of benzene rings is 1. The lowest BCUT2D eigenvalue weighted by Gasteiger charge is -2.32. The Morgan fingerprint density at radius 1 is 1.19 bits per heavy atom. The van der Waals surface area contributed by atoms with Gasteiger partial charge in [-0.25, -0.2) is 4.90 Å². The molecule has 4 unspecified atom stereocenters. The van der Waals surface area contributed by atoms with E-state index in [4.69, 9.17) is 4.74 Å². The van der Waals surface area contributed by atoms with E-state index in [0.29, 0.717) is 24.1 Å². The quantitative estimate of drug-likeness (QED) is 0.422. The molecule has 2 aromatic rings. The highest BCUT2D eigenvalue weighted by Crippen LogP contribution is 2.52. The number of Topliss-reactive ketones (excluding diaryl/α,β-unsaturated/α-hetero) is 1. The van der Waals surface area contributed by atoms with E-state index in [0.717, 1.165) is 9.78 Å². The highest BCUT2D eigenvalue weighted by Gasteiger charge is 2.68. The van der Waals surface area contributed by atoms with E-state index in [9.17, 15) is 19.2 Å². The van der Waals surface area contributed by atoms with Crippen LogP contribution in [0.1, 0.15) is 48.0 Å². The number of carbonyl (C=O) groups excluding carboxylic acids is 4. The molecule has 0 aliphatic carbocycles. The van der Waals surface area contributed by atoms with Gasteiger partial charge in [0.1, 0.15) is 5.54 Å². The van der Waals surface area contributed by atoms with E-state index < -0.39 is 35.3 Å². The van der Waals surface area contributed by atoms with Gasteiger partial charge in [0, 0.05) is 10.4 Å². The molecule has 2 aliphatic rings. The summed E-state index contributed by atoms with van der Waals surface area (Å²) in [4.78, 5) is 54.2. The molecule has 162 valence electrons. The Kier molecular flexibility index (Phi) is 5.53. The van der Waals surface area contributed by atoms with Crippen LogP contribution in [0, 0.1) is 11.8 Å².